The summed E-state index contributed by atoms with van der Waals surface area (Å²) in [6.45, 7) is 4.37. The smallest absolute Gasteiger partial charge is 0.282 e. The Morgan fingerprint density at radius 1 is 0.824 bits per heavy atom. The number of amides is 2. The number of ether oxygens (including phenoxy) is 1. The lowest BCUT2D eigenvalue weighted by molar-refractivity contribution is -0.120. The van der Waals surface area contributed by atoms with Gasteiger partial charge < -0.3 is 10.1 Å². The molecule has 5 heteroatoms. The number of aryl methyl sites for hydroxylation is 1. The van der Waals surface area contributed by atoms with Gasteiger partial charge in [-0.25, -0.2) is 4.90 Å². The molecule has 168 valence electrons. The van der Waals surface area contributed by atoms with Crippen molar-refractivity contribution in [2.45, 2.75) is 13.8 Å². The zero-order valence-electron chi connectivity index (χ0n) is 19.0. The van der Waals surface area contributed by atoms with Crippen molar-refractivity contribution in [3.8, 4) is 5.75 Å². The number of hydrogen-bond donors (Lipinski definition) is 1. The van der Waals surface area contributed by atoms with Gasteiger partial charge in [0.15, 0.2) is 0 Å². The van der Waals surface area contributed by atoms with Gasteiger partial charge in [0.1, 0.15) is 11.4 Å². The van der Waals surface area contributed by atoms with Gasteiger partial charge in [-0.05, 0) is 43.0 Å². The predicted octanol–water partition coefficient (Wildman–Crippen LogP) is 5.94. The van der Waals surface area contributed by atoms with Crippen LogP contribution in [0, 0.1) is 6.92 Å². The highest BCUT2D eigenvalue weighted by molar-refractivity contribution is 6.46. The van der Waals surface area contributed by atoms with Crippen molar-refractivity contribution in [2.75, 3.05) is 16.8 Å². The summed E-state index contributed by atoms with van der Waals surface area (Å²) >= 11 is 0. The van der Waals surface area contributed by atoms with Crippen LogP contribution in [0.25, 0.3) is 16.3 Å². The first-order chi connectivity index (χ1) is 16.6. The van der Waals surface area contributed by atoms with E-state index in [0.29, 0.717) is 29.2 Å². The standard InChI is InChI=1S/C29H24N2O3/c1-3-34-23-11-7-10-22(18-23)31-28(32)26(21-16-14-19(2)15-17-21)27(29(31)33)30-25-13-6-9-20-8-4-5-12-24(20)25/h4-18,30H,3H2,1-2H3. The number of nitrogens with one attached hydrogen (secondary N) is 1. The molecule has 1 heterocycles. The third kappa shape index (κ3) is 3.82. The van der Waals surface area contributed by atoms with E-state index in [4.69, 9.17) is 4.74 Å². The second-order valence-corrected chi connectivity index (χ2v) is 8.14. The molecule has 0 radical (unpaired) electrons. The van der Waals surface area contributed by atoms with Crippen molar-refractivity contribution in [1.82, 2.24) is 0 Å². The van der Waals surface area contributed by atoms with Crippen molar-refractivity contribution in [3.63, 3.8) is 0 Å². The predicted molar refractivity (Wildman–Crippen MR) is 136 cm³/mol. The zero-order valence-corrected chi connectivity index (χ0v) is 19.0. The van der Waals surface area contributed by atoms with E-state index in [9.17, 15) is 9.59 Å². The van der Waals surface area contributed by atoms with Crippen LogP contribution in [0.4, 0.5) is 11.4 Å². The number of benzene rings is 4. The molecule has 4 aromatic rings. The van der Waals surface area contributed by atoms with Crippen molar-refractivity contribution in [2.24, 2.45) is 0 Å². The molecule has 0 saturated carbocycles. The Bertz CT molecular complexity index is 1430. The molecule has 0 atom stereocenters. The minimum Gasteiger partial charge on any atom is -0.494 e. The van der Waals surface area contributed by atoms with E-state index in [-0.39, 0.29) is 11.6 Å². The van der Waals surface area contributed by atoms with Gasteiger partial charge in [-0.1, -0.05) is 72.3 Å². The van der Waals surface area contributed by atoms with Crippen LogP contribution >= 0.6 is 0 Å². The third-order valence-electron chi connectivity index (χ3n) is 5.86. The van der Waals surface area contributed by atoms with Crippen LogP contribution in [0.2, 0.25) is 0 Å². The molecule has 2 amide bonds. The normalized spacial score (nSPS) is 13.6. The molecular formula is C29H24N2O3. The maximum absolute atomic E-state index is 13.7. The number of fused-ring (bicyclic) bond motifs is 1. The number of imide groups is 1. The topological polar surface area (TPSA) is 58.6 Å². The van der Waals surface area contributed by atoms with Gasteiger partial charge >= 0.3 is 0 Å². The van der Waals surface area contributed by atoms with Gasteiger partial charge in [-0.3, -0.25) is 9.59 Å². The Labute approximate surface area is 198 Å². The van der Waals surface area contributed by atoms with Crippen LogP contribution in [-0.2, 0) is 9.59 Å². The molecule has 34 heavy (non-hydrogen) atoms. The number of hydrogen-bond acceptors (Lipinski definition) is 4. The summed E-state index contributed by atoms with van der Waals surface area (Å²) in [6, 6.07) is 28.5. The molecular weight excluding hydrogens is 424 g/mol. The van der Waals surface area contributed by atoms with Crippen LogP contribution in [0.15, 0.2) is 96.7 Å². The summed E-state index contributed by atoms with van der Waals surface area (Å²) in [4.78, 5) is 28.6. The highest BCUT2D eigenvalue weighted by Crippen LogP contribution is 2.36. The quantitative estimate of drug-likeness (QED) is 0.371. The minimum atomic E-state index is -0.401. The molecule has 0 unspecified atom stereocenters. The fourth-order valence-corrected chi connectivity index (χ4v) is 4.22. The third-order valence-corrected chi connectivity index (χ3v) is 5.86. The van der Waals surface area contributed by atoms with E-state index in [0.717, 1.165) is 22.0 Å². The molecule has 1 N–H and O–H groups in total. The Hall–Kier alpha value is -4.38. The van der Waals surface area contributed by atoms with Crippen molar-refractivity contribution < 1.29 is 14.3 Å². The number of rotatable bonds is 6. The first-order valence-electron chi connectivity index (χ1n) is 11.2. The van der Waals surface area contributed by atoms with Crippen molar-refractivity contribution in [1.29, 1.82) is 0 Å². The van der Waals surface area contributed by atoms with Gasteiger partial charge in [-0.15, -0.1) is 0 Å². The second-order valence-electron chi connectivity index (χ2n) is 8.14. The zero-order chi connectivity index (χ0) is 23.7. The fraction of sp³-hybridized carbons (Fsp3) is 0.103. The highest BCUT2D eigenvalue weighted by atomic mass is 16.5. The summed E-state index contributed by atoms with van der Waals surface area (Å²) in [5.74, 6) is -0.166. The maximum atomic E-state index is 13.7. The van der Waals surface area contributed by atoms with Gasteiger partial charge in [-0.2, -0.15) is 0 Å². The van der Waals surface area contributed by atoms with Crippen LogP contribution in [0.3, 0.4) is 0 Å². The average molecular weight is 449 g/mol. The van der Waals surface area contributed by atoms with Crippen molar-refractivity contribution in [3.05, 3.63) is 108 Å². The van der Waals surface area contributed by atoms with Crippen LogP contribution in [0.1, 0.15) is 18.1 Å². The van der Waals surface area contributed by atoms with Gasteiger partial charge in [0.25, 0.3) is 11.8 Å². The lowest BCUT2D eigenvalue weighted by Crippen LogP contribution is -2.32. The van der Waals surface area contributed by atoms with E-state index in [1.807, 2.05) is 86.6 Å². The molecule has 0 bridgehead atoms. The average Bonchev–Trinajstić information content (AvgIpc) is 3.09. The summed E-state index contributed by atoms with van der Waals surface area (Å²) in [5.41, 5.74) is 3.61. The molecule has 1 aliphatic rings. The Kier molecular flexibility index (Phi) is 5.60. The van der Waals surface area contributed by atoms with Crippen molar-refractivity contribution >= 4 is 39.5 Å². The first-order valence-corrected chi connectivity index (χ1v) is 11.2. The molecule has 0 aliphatic carbocycles. The maximum Gasteiger partial charge on any atom is 0.282 e. The minimum absolute atomic E-state index is 0.256. The largest absolute Gasteiger partial charge is 0.494 e. The van der Waals surface area contributed by atoms with Gasteiger partial charge in [0, 0.05) is 17.1 Å². The Morgan fingerprint density at radius 3 is 2.35 bits per heavy atom. The number of carbonyl (C=O) groups excluding carboxylic acids is 2. The number of nitrogens with zero attached hydrogens (tertiary/aromatic N) is 1. The van der Waals surface area contributed by atoms with Crippen LogP contribution < -0.4 is 15.0 Å². The summed E-state index contributed by atoms with van der Waals surface area (Å²) in [6.07, 6.45) is 0. The van der Waals surface area contributed by atoms with Crippen LogP contribution in [0.5, 0.6) is 5.75 Å². The van der Waals surface area contributed by atoms with E-state index >= 15 is 0 Å². The van der Waals surface area contributed by atoms with Crippen LogP contribution in [-0.4, -0.2) is 18.4 Å². The lowest BCUT2D eigenvalue weighted by atomic mass is 10.0. The summed E-state index contributed by atoms with van der Waals surface area (Å²) < 4.78 is 5.59. The second kappa shape index (κ2) is 8.87. The molecule has 0 saturated heterocycles. The lowest BCUT2D eigenvalue weighted by Gasteiger charge is -2.17. The van der Waals surface area contributed by atoms with E-state index in [1.165, 1.54) is 4.90 Å². The number of carbonyl (C=O) groups is 2. The summed E-state index contributed by atoms with van der Waals surface area (Å²) in [7, 11) is 0. The molecule has 0 fully saturated rings. The molecule has 0 spiro atoms. The van der Waals surface area contributed by atoms with E-state index in [2.05, 4.69) is 5.32 Å². The molecule has 4 aromatic carbocycles. The first kappa shape index (κ1) is 21.5. The summed E-state index contributed by atoms with van der Waals surface area (Å²) in [5, 5.41) is 5.32. The Morgan fingerprint density at radius 2 is 1.56 bits per heavy atom. The highest BCUT2D eigenvalue weighted by Gasteiger charge is 2.40. The molecule has 1 aliphatic heterocycles. The monoisotopic (exact) mass is 448 g/mol. The van der Waals surface area contributed by atoms with E-state index < -0.39 is 5.91 Å². The molecule has 5 rings (SSSR count). The fourth-order valence-electron chi connectivity index (χ4n) is 4.22. The molecule has 0 aromatic heterocycles. The van der Waals surface area contributed by atoms with Gasteiger partial charge in [0.05, 0.1) is 17.9 Å². The molecule has 5 nitrogen and oxygen atoms in total. The SMILES string of the molecule is CCOc1cccc(N2C(=O)C(Nc3cccc4ccccc34)=C(c3ccc(C)cc3)C2=O)c1. The number of anilines is 2. The Balaban J connectivity index is 1.63. The van der Waals surface area contributed by atoms with Gasteiger partial charge in [0.2, 0.25) is 0 Å². The van der Waals surface area contributed by atoms with E-state index in [1.54, 1.807) is 18.2 Å².